The van der Waals surface area contributed by atoms with E-state index in [1.165, 1.54) is 6.07 Å². The molecule has 3 aromatic rings. The molecule has 3 N–H and O–H groups in total. The molecule has 174 valence electrons. The summed E-state index contributed by atoms with van der Waals surface area (Å²) >= 11 is 0. The number of ether oxygens (including phenoxy) is 1. The number of fused-ring (bicyclic) bond motifs is 2. The number of aromatic nitrogens is 2. The summed E-state index contributed by atoms with van der Waals surface area (Å²) in [7, 11) is 2.13. The zero-order valence-corrected chi connectivity index (χ0v) is 19.1. The molecule has 0 bridgehead atoms. The first-order valence-corrected chi connectivity index (χ1v) is 11.5. The molecule has 2 saturated heterocycles. The van der Waals surface area contributed by atoms with E-state index in [9.17, 15) is 9.18 Å². The Morgan fingerprint density at radius 1 is 1.27 bits per heavy atom. The zero-order chi connectivity index (χ0) is 23.1. The summed E-state index contributed by atoms with van der Waals surface area (Å²) in [6.07, 6.45) is 4.78. The number of nitrogens with two attached hydrogens (primary N) is 1. The number of pyridine rings is 1. The van der Waals surface area contributed by atoms with E-state index in [1.807, 2.05) is 18.0 Å². The lowest BCUT2D eigenvalue weighted by Crippen LogP contribution is -2.50. The lowest BCUT2D eigenvalue weighted by molar-refractivity contribution is -0.134. The minimum absolute atomic E-state index is 0.0501. The Kier molecular flexibility index (Phi) is 5.80. The fourth-order valence-electron chi connectivity index (χ4n) is 5.32. The summed E-state index contributed by atoms with van der Waals surface area (Å²) in [4.78, 5) is 24.5. The second-order valence-corrected chi connectivity index (χ2v) is 9.50. The lowest BCUT2D eigenvalue weighted by Gasteiger charge is -2.35. The van der Waals surface area contributed by atoms with Gasteiger partial charge < -0.3 is 25.3 Å². The molecule has 0 spiro atoms. The summed E-state index contributed by atoms with van der Waals surface area (Å²) in [6, 6.07) is 5.80. The summed E-state index contributed by atoms with van der Waals surface area (Å²) in [5.41, 5.74) is 8.60. The third-order valence-corrected chi connectivity index (χ3v) is 7.02. The number of carbonyl (C=O) groups excluding carboxylic acids is 1. The van der Waals surface area contributed by atoms with Gasteiger partial charge in [0.05, 0.1) is 11.4 Å². The molecule has 0 saturated carbocycles. The maximum absolute atomic E-state index is 14.9. The predicted octanol–water partition coefficient (Wildman–Crippen LogP) is 3.08. The Balaban J connectivity index is 1.25. The number of aryl methyl sites for hydroxylation is 1. The summed E-state index contributed by atoms with van der Waals surface area (Å²) in [5, 5.41) is 0.825. The van der Waals surface area contributed by atoms with Gasteiger partial charge in [-0.05, 0) is 68.0 Å². The van der Waals surface area contributed by atoms with Gasteiger partial charge in [-0.2, -0.15) is 0 Å². The molecule has 2 aliphatic heterocycles. The molecule has 5 rings (SSSR count). The molecule has 4 heterocycles. The van der Waals surface area contributed by atoms with E-state index in [2.05, 4.69) is 21.9 Å². The second kappa shape index (κ2) is 8.76. The van der Waals surface area contributed by atoms with Crippen LogP contribution in [0.5, 0.6) is 11.5 Å². The molecule has 2 fully saturated rings. The normalized spacial score (nSPS) is 21.9. The van der Waals surface area contributed by atoms with E-state index >= 15 is 0 Å². The van der Waals surface area contributed by atoms with E-state index in [1.54, 1.807) is 24.4 Å². The first-order chi connectivity index (χ1) is 15.9. The van der Waals surface area contributed by atoms with Crippen LogP contribution in [0.4, 0.5) is 4.39 Å². The maximum Gasteiger partial charge on any atom is 0.239 e. The first-order valence-electron chi connectivity index (χ1n) is 11.5. The van der Waals surface area contributed by atoms with Crippen LogP contribution in [0.2, 0.25) is 0 Å². The van der Waals surface area contributed by atoms with Gasteiger partial charge in [0.25, 0.3) is 0 Å². The number of rotatable bonds is 5. The molecule has 0 radical (unpaired) electrons. The van der Waals surface area contributed by atoms with Crippen LogP contribution in [0.25, 0.3) is 11.0 Å². The van der Waals surface area contributed by atoms with E-state index < -0.39 is 11.9 Å². The van der Waals surface area contributed by atoms with Crippen molar-refractivity contribution in [2.24, 2.45) is 17.6 Å². The number of nitrogens with one attached hydrogen (secondary N) is 1. The molecular formula is C25H30FN5O2. The number of halogens is 1. The zero-order valence-electron chi connectivity index (χ0n) is 19.1. The Bertz CT molecular complexity index is 1180. The fourth-order valence-corrected chi connectivity index (χ4v) is 5.32. The number of likely N-dealkylation sites (tertiary alicyclic amines) is 2. The van der Waals surface area contributed by atoms with Crippen molar-refractivity contribution in [3.63, 3.8) is 0 Å². The second-order valence-electron chi connectivity index (χ2n) is 9.50. The van der Waals surface area contributed by atoms with Crippen LogP contribution in [0.1, 0.15) is 17.5 Å². The summed E-state index contributed by atoms with van der Waals surface area (Å²) < 4.78 is 20.7. The van der Waals surface area contributed by atoms with Gasteiger partial charge in [-0.15, -0.1) is 0 Å². The molecule has 2 aliphatic rings. The van der Waals surface area contributed by atoms with Crippen molar-refractivity contribution in [2.75, 3.05) is 33.2 Å². The summed E-state index contributed by atoms with van der Waals surface area (Å²) in [5.74, 6) is 1.33. The number of nitrogens with zero attached hydrogens (tertiary/aromatic N) is 3. The smallest absolute Gasteiger partial charge is 0.239 e. The Hall–Kier alpha value is -2.97. The van der Waals surface area contributed by atoms with Gasteiger partial charge >= 0.3 is 0 Å². The van der Waals surface area contributed by atoms with Gasteiger partial charge in [-0.3, -0.25) is 4.79 Å². The van der Waals surface area contributed by atoms with Gasteiger partial charge in [0.2, 0.25) is 5.91 Å². The number of H-pyrrole nitrogens is 1. The highest BCUT2D eigenvalue weighted by Crippen LogP contribution is 2.33. The lowest BCUT2D eigenvalue weighted by atomic mass is 9.88. The van der Waals surface area contributed by atoms with Crippen LogP contribution in [0.3, 0.4) is 0 Å². The number of amides is 1. The van der Waals surface area contributed by atoms with Crippen molar-refractivity contribution in [1.82, 2.24) is 19.8 Å². The monoisotopic (exact) mass is 451 g/mol. The predicted molar refractivity (Wildman–Crippen MR) is 125 cm³/mol. The number of hydrogen-bond acceptors (Lipinski definition) is 5. The first kappa shape index (κ1) is 21.9. The van der Waals surface area contributed by atoms with Crippen molar-refractivity contribution in [3.05, 3.63) is 53.6 Å². The highest BCUT2D eigenvalue weighted by molar-refractivity contribution is 5.86. The van der Waals surface area contributed by atoms with E-state index in [0.29, 0.717) is 28.8 Å². The van der Waals surface area contributed by atoms with Crippen molar-refractivity contribution < 1.29 is 13.9 Å². The molecule has 33 heavy (non-hydrogen) atoms. The van der Waals surface area contributed by atoms with Crippen LogP contribution >= 0.6 is 0 Å². The molecule has 1 aromatic carbocycles. The number of benzene rings is 1. The topological polar surface area (TPSA) is 87.5 Å². The standard InChI is InChI=1S/C25H30FN5O2/c1-15-11-29-24-23(15)22(5-7-28-24)33-21-4-3-16(9-19(21)26)10-20(27)25(32)31-8-6-17-12-30(2)13-18(17)14-31/h3-5,7,9,11,17-18,20H,6,8,10,12-14,27H2,1-2H3,(H,28,29). The molecule has 0 aliphatic carbocycles. The highest BCUT2D eigenvalue weighted by Gasteiger charge is 2.37. The van der Waals surface area contributed by atoms with Crippen LogP contribution in [0, 0.1) is 24.6 Å². The molecule has 7 nitrogen and oxygen atoms in total. The van der Waals surface area contributed by atoms with Gasteiger partial charge in [-0.25, -0.2) is 9.37 Å². The molecule has 3 atom stereocenters. The third-order valence-electron chi connectivity index (χ3n) is 7.02. The van der Waals surface area contributed by atoms with Crippen LogP contribution in [-0.2, 0) is 11.2 Å². The molecule has 2 aromatic heterocycles. The third kappa shape index (κ3) is 4.32. The average Bonchev–Trinajstić information content (AvgIpc) is 3.36. The van der Waals surface area contributed by atoms with Crippen molar-refractivity contribution in [3.8, 4) is 11.5 Å². The number of hydrogen-bond donors (Lipinski definition) is 2. The average molecular weight is 452 g/mol. The van der Waals surface area contributed by atoms with Crippen LogP contribution < -0.4 is 10.5 Å². The van der Waals surface area contributed by atoms with Crippen molar-refractivity contribution in [1.29, 1.82) is 0 Å². The van der Waals surface area contributed by atoms with Crippen LogP contribution in [-0.4, -0.2) is 64.9 Å². The largest absolute Gasteiger partial charge is 0.453 e. The van der Waals surface area contributed by atoms with Gasteiger partial charge in [0.15, 0.2) is 11.6 Å². The molecule has 3 unspecified atom stereocenters. The number of aromatic amines is 1. The van der Waals surface area contributed by atoms with Crippen molar-refractivity contribution >= 4 is 16.9 Å². The van der Waals surface area contributed by atoms with Gasteiger partial charge in [0, 0.05) is 38.6 Å². The Labute approximate surface area is 192 Å². The van der Waals surface area contributed by atoms with E-state index in [4.69, 9.17) is 10.5 Å². The Morgan fingerprint density at radius 2 is 2.09 bits per heavy atom. The SMILES string of the molecule is Cc1c[nH]c2nccc(Oc3ccc(CC(N)C(=O)N4CCC5CN(C)CC5C4)cc3F)c12. The minimum atomic E-state index is -0.686. The summed E-state index contributed by atoms with van der Waals surface area (Å²) in [6.45, 7) is 5.60. The van der Waals surface area contributed by atoms with Crippen molar-refractivity contribution in [2.45, 2.75) is 25.8 Å². The molecular weight excluding hydrogens is 421 g/mol. The maximum atomic E-state index is 14.9. The van der Waals surface area contributed by atoms with E-state index in [-0.39, 0.29) is 18.1 Å². The fraction of sp³-hybridized carbons (Fsp3) is 0.440. The number of carbonyl (C=O) groups is 1. The Morgan fingerprint density at radius 3 is 2.91 bits per heavy atom. The van der Waals surface area contributed by atoms with Gasteiger partial charge in [-0.1, -0.05) is 6.07 Å². The van der Waals surface area contributed by atoms with E-state index in [0.717, 1.165) is 43.5 Å². The van der Waals surface area contributed by atoms with Crippen LogP contribution in [0.15, 0.2) is 36.7 Å². The minimum Gasteiger partial charge on any atom is -0.453 e. The molecule has 8 heteroatoms. The molecule has 1 amide bonds. The quantitative estimate of drug-likeness (QED) is 0.623. The number of piperidine rings is 1. The van der Waals surface area contributed by atoms with Gasteiger partial charge in [0.1, 0.15) is 11.4 Å². The highest BCUT2D eigenvalue weighted by atomic mass is 19.1.